The first-order chi connectivity index (χ1) is 13.1. The van der Waals surface area contributed by atoms with Crippen molar-refractivity contribution < 1.29 is 22.8 Å². The van der Waals surface area contributed by atoms with Gasteiger partial charge in [-0.3, -0.25) is 19.3 Å². The minimum Gasteiger partial charge on any atom is -0.291 e. The van der Waals surface area contributed by atoms with E-state index < -0.39 is 39.6 Å². The van der Waals surface area contributed by atoms with Crippen molar-refractivity contribution in [2.75, 3.05) is 11.4 Å². The summed E-state index contributed by atoms with van der Waals surface area (Å²) in [5.74, 6) is -2.08. The van der Waals surface area contributed by atoms with E-state index in [2.05, 4.69) is 0 Å². The number of imide groups is 1. The van der Waals surface area contributed by atoms with Crippen LogP contribution in [0.15, 0.2) is 47.4 Å². The molecule has 2 aliphatic rings. The van der Waals surface area contributed by atoms with Crippen molar-refractivity contribution in [1.82, 2.24) is 4.90 Å². The number of amides is 2. The summed E-state index contributed by atoms with van der Waals surface area (Å²) in [5, 5.41) is 0. The number of Topliss-reactive ketones (excluding diaryl/α,β-unsaturated/α-hetero) is 1. The maximum absolute atomic E-state index is 13.6. The highest BCUT2D eigenvalue weighted by atomic mass is 32.2. The zero-order valence-electron chi connectivity index (χ0n) is 15.6. The van der Waals surface area contributed by atoms with E-state index in [0.717, 1.165) is 20.3 Å². The number of anilines is 1. The quantitative estimate of drug-likeness (QED) is 0.568. The van der Waals surface area contributed by atoms with Crippen molar-refractivity contribution in [2.45, 2.75) is 30.7 Å². The maximum Gasteiger partial charge on any atom is 0.265 e. The van der Waals surface area contributed by atoms with Gasteiger partial charge < -0.3 is 0 Å². The summed E-state index contributed by atoms with van der Waals surface area (Å²) in [6, 6.07) is 10.9. The smallest absolute Gasteiger partial charge is 0.265 e. The predicted octanol–water partition coefficient (Wildman–Crippen LogP) is 1.82. The van der Waals surface area contributed by atoms with Gasteiger partial charge in [-0.1, -0.05) is 29.3 Å². The number of likely N-dealkylation sites (tertiary alicyclic amines) is 1. The molecule has 0 saturated carbocycles. The molecule has 0 bridgehead atoms. The Morgan fingerprint density at radius 3 is 2.11 bits per heavy atom. The molecular weight excluding hydrogens is 380 g/mol. The first kappa shape index (κ1) is 18.4. The van der Waals surface area contributed by atoms with Gasteiger partial charge >= 0.3 is 0 Å². The monoisotopic (exact) mass is 398 g/mol. The lowest BCUT2D eigenvalue weighted by Gasteiger charge is -2.32. The van der Waals surface area contributed by atoms with E-state index in [9.17, 15) is 22.8 Å². The Kier molecular flexibility index (Phi) is 3.77. The number of nitrogens with zero attached hydrogens (tertiary/aromatic N) is 2. The summed E-state index contributed by atoms with van der Waals surface area (Å²) >= 11 is 0. The highest BCUT2D eigenvalue weighted by molar-refractivity contribution is 7.93. The van der Waals surface area contributed by atoms with Crippen LogP contribution in [0.25, 0.3) is 0 Å². The van der Waals surface area contributed by atoms with Crippen LogP contribution in [-0.4, -0.2) is 43.5 Å². The summed E-state index contributed by atoms with van der Waals surface area (Å²) in [6.07, 6.45) is -0.514. The number of hydrogen-bond acceptors (Lipinski definition) is 5. The number of hydrogen-bond donors (Lipinski definition) is 0. The van der Waals surface area contributed by atoms with Gasteiger partial charge in [-0.2, -0.15) is 0 Å². The number of rotatable bonds is 2. The minimum absolute atomic E-state index is 0.0477. The average Bonchev–Trinajstić information content (AvgIpc) is 3.02. The van der Waals surface area contributed by atoms with E-state index in [-0.39, 0.29) is 16.1 Å². The predicted molar refractivity (Wildman–Crippen MR) is 101 cm³/mol. The SMILES string of the molecule is Cc1ccc(S(=O)(=O)N2c3ccc(C)cc3C(=O)C23CC(=O)N(C)C3=O)cc1. The van der Waals surface area contributed by atoms with Gasteiger partial charge in [0.1, 0.15) is 0 Å². The molecular formula is C20H18N2O5S. The Morgan fingerprint density at radius 1 is 0.929 bits per heavy atom. The van der Waals surface area contributed by atoms with Crippen LogP contribution in [0.2, 0.25) is 0 Å². The molecule has 2 aromatic carbocycles. The zero-order valence-corrected chi connectivity index (χ0v) is 16.4. The second-order valence-corrected chi connectivity index (χ2v) is 9.01. The van der Waals surface area contributed by atoms with E-state index in [0.29, 0.717) is 0 Å². The third-order valence-corrected chi connectivity index (χ3v) is 7.19. The fourth-order valence-corrected chi connectivity index (χ4v) is 5.56. The third kappa shape index (κ3) is 2.21. The first-order valence-electron chi connectivity index (χ1n) is 8.69. The van der Waals surface area contributed by atoms with E-state index in [1.54, 1.807) is 31.2 Å². The number of fused-ring (bicyclic) bond motifs is 1. The molecule has 2 heterocycles. The van der Waals surface area contributed by atoms with E-state index >= 15 is 0 Å². The molecule has 144 valence electrons. The molecule has 1 fully saturated rings. The Labute approximate surface area is 162 Å². The van der Waals surface area contributed by atoms with Gasteiger partial charge in [-0.15, -0.1) is 0 Å². The van der Waals surface area contributed by atoms with Gasteiger partial charge in [0.05, 0.1) is 17.0 Å². The largest absolute Gasteiger partial charge is 0.291 e. The molecule has 2 amide bonds. The van der Waals surface area contributed by atoms with Crippen molar-refractivity contribution in [3.63, 3.8) is 0 Å². The normalized spacial score (nSPS) is 21.8. The molecule has 1 unspecified atom stereocenters. The minimum atomic E-state index is -4.27. The van der Waals surface area contributed by atoms with Crippen LogP contribution < -0.4 is 4.31 Å². The topological polar surface area (TPSA) is 91.8 Å². The lowest BCUT2D eigenvalue weighted by molar-refractivity contribution is -0.137. The molecule has 2 aliphatic heterocycles. The van der Waals surface area contributed by atoms with Crippen molar-refractivity contribution in [3.05, 3.63) is 59.2 Å². The average molecular weight is 398 g/mol. The summed E-state index contributed by atoms with van der Waals surface area (Å²) < 4.78 is 28.0. The van der Waals surface area contributed by atoms with Crippen LogP contribution in [-0.2, 0) is 19.6 Å². The fourth-order valence-electron chi connectivity index (χ4n) is 3.82. The summed E-state index contributed by atoms with van der Waals surface area (Å²) in [7, 11) is -3.01. The molecule has 4 rings (SSSR count). The number of carbonyl (C=O) groups excluding carboxylic acids is 3. The fraction of sp³-hybridized carbons (Fsp3) is 0.250. The molecule has 1 saturated heterocycles. The standard InChI is InChI=1S/C20H18N2O5S/c1-12-4-7-14(8-5-12)28(26,27)22-16-9-6-13(2)10-15(16)18(24)20(22)11-17(23)21(3)19(20)25/h4-10H,11H2,1-3H3. The lowest BCUT2D eigenvalue weighted by Crippen LogP contribution is -2.57. The van der Waals surface area contributed by atoms with Crippen LogP contribution >= 0.6 is 0 Å². The van der Waals surface area contributed by atoms with Crippen molar-refractivity contribution in [3.8, 4) is 0 Å². The van der Waals surface area contributed by atoms with Crippen molar-refractivity contribution in [1.29, 1.82) is 0 Å². The van der Waals surface area contributed by atoms with E-state index in [1.165, 1.54) is 25.2 Å². The number of sulfonamides is 1. The van der Waals surface area contributed by atoms with Gasteiger partial charge in [-0.05, 0) is 38.1 Å². The molecule has 0 aromatic heterocycles. The van der Waals surface area contributed by atoms with Crippen LogP contribution in [0.1, 0.15) is 27.9 Å². The molecule has 0 N–H and O–H groups in total. The molecule has 28 heavy (non-hydrogen) atoms. The van der Waals surface area contributed by atoms with Gasteiger partial charge in [0.25, 0.3) is 15.9 Å². The number of aryl methyl sites for hydroxylation is 2. The van der Waals surface area contributed by atoms with Gasteiger partial charge in [0, 0.05) is 12.6 Å². The number of ketones is 1. The number of likely N-dealkylation sites (N-methyl/N-ethyl adjacent to an activating group) is 1. The highest BCUT2D eigenvalue weighted by Crippen LogP contribution is 2.47. The second-order valence-electron chi connectivity index (χ2n) is 7.23. The highest BCUT2D eigenvalue weighted by Gasteiger charge is 2.66. The van der Waals surface area contributed by atoms with Crippen molar-refractivity contribution >= 4 is 33.3 Å². The summed E-state index contributed by atoms with van der Waals surface area (Å²) in [5.41, 5.74) is -0.234. The van der Waals surface area contributed by atoms with Crippen LogP contribution in [0.4, 0.5) is 5.69 Å². The Balaban J connectivity index is 2.02. The lowest BCUT2D eigenvalue weighted by atomic mass is 9.91. The van der Waals surface area contributed by atoms with Crippen LogP contribution in [0.3, 0.4) is 0 Å². The molecule has 0 radical (unpaired) electrons. The maximum atomic E-state index is 13.6. The number of benzene rings is 2. The van der Waals surface area contributed by atoms with Crippen LogP contribution in [0, 0.1) is 13.8 Å². The molecule has 1 spiro atoms. The molecule has 0 aliphatic carbocycles. The Bertz CT molecular complexity index is 1150. The summed E-state index contributed by atoms with van der Waals surface area (Å²) in [4.78, 5) is 39.4. The Hall–Kier alpha value is -3.00. The zero-order chi connectivity index (χ0) is 20.4. The van der Waals surface area contributed by atoms with E-state index in [4.69, 9.17) is 0 Å². The van der Waals surface area contributed by atoms with Gasteiger partial charge in [-0.25, -0.2) is 12.7 Å². The van der Waals surface area contributed by atoms with Gasteiger partial charge in [0.2, 0.25) is 17.2 Å². The third-order valence-electron chi connectivity index (χ3n) is 5.34. The molecule has 8 heteroatoms. The molecule has 1 atom stereocenters. The molecule has 7 nitrogen and oxygen atoms in total. The van der Waals surface area contributed by atoms with Gasteiger partial charge in [0.15, 0.2) is 0 Å². The van der Waals surface area contributed by atoms with Crippen LogP contribution in [0.5, 0.6) is 0 Å². The van der Waals surface area contributed by atoms with Crippen molar-refractivity contribution in [2.24, 2.45) is 0 Å². The summed E-state index contributed by atoms with van der Waals surface area (Å²) in [6.45, 7) is 3.59. The second kappa shape index (κ2) is 5.75. The first-order valence-corrected chi connectivity index (χ1v) is 10.1. The van der Waals surface area contributed by atoms with E-state index in [1.807, 2.05) is 6.92 Å². The number of carbonyl (C=O) groups is 3. The Morgan fingerprint density at radius 2 is 1.54 bits per heavy atom. The molecule has 2 aromatic rings.